The lowest BCUT2D eigenvalue weighted by Crippen LogP contribution is -2.46. The van der Waals surface area contributed by atoms with Crippen molar-refractivity contribution in [1.29, 1.82) is 0 Å². The van der Waals surface area contributed by atoms with Crippen molar-refractivity contribution in [2.75, 3.05) is 38.0 Å². The predicted octanol–water partition coefficient (Wildman–Crippen LogP) is 1.32. The number of benzene rings is 1. The van der Waals surface area contributed by atoms with E-state index in [1.165, 1.54) is 0 Å². The number of carbonyl (C=O) groups is 1. The van der Waals surface area contributed by atoms with E-state index >= 15 is 0 Å². The Hall–Kier alpha value is -2.11. The molecule has 1 aliphatic heterocycles. The molecule has 1 saturated heterocycles. The van der Waals surface area contributed by atoms with Crippen molar-refractivity contribution in [2.24, 2.45) is 0 Å². The van der Waals surface area contributed by atoms with Crippen molar-refractivity contribution in [3.05, 3.63) is 48.8 Å². The van der Waals surface area contributed by atoms with Crippen molar-refractivity contribution in [1.82, 2.24) is 14.8 Å². The van der Waals surface area contributed by atoms with Crippen LogP contribution >= 0.6 is 0 Å². The normalized spacial score (nSPS) is 15.8. The minimum atomic E-state index is 0.0431. The van der Waals surface area contributed by atoms with Gasteiger partial charge in [-0.25, -0.2) is 0 Å². The second-order valence-electron chi connectivity index (χ2n) is 5.21. The van der Waals surface area contributed by atoms with Crippen LogP contribution in [0.2, 0.25) is 0 Å². The minimum absolute atomic E-state index is 0.0431. The SMILES string of the molecule is O=C(CN1CCNCC1)Nc1cccc(-n2cccc2)c1. The maximum atomic E-state index is 12.1. The Labute approximate surface area is 124 Å². The highest BCUT2D eigenvalue weighted by molar-refractivity contribution is 5.92. The first kappa shape index (κ1) is 13.9. The number of nitrogens with one attached hydrogen (secondary N) is 2. The molecule has 0 unspecified atom stereocenters. The average molecular weight is 284 g/mol. The van der Waals surface area contributed by atoms with Gasteiger partial charge in [-0.05, 0) is 30.3 Å². The lowest BCUT2D eigenvalue weighted by atomic mass is 10.2. The van der Waals surface area contributed by atoms with E-state index in [9.17, 15) is 4.79 Å². The van der Waals surface area contributed by atoms with Crippen LogP contribution in [0.3, 0.4) is 0 Å². The number of rotatable bonds is 4. The fraction of sp³-hybridized carbons (Fsp3) is 0.312. The van der Waals surface area contributed by atoms with E-state index in [1.807, 2.05) is 53.4 Å². The fourth-order valence-corrected chi connectivity index (χ4v) is 2.52. The monoisotopic (exact) mass is 284 g/mol. The first-order valence-corrected chi connectivity index (χ1v) is 7.27. The molecule has 1 aliphatic rings. The van der Waals surface area contributed by atoms with Gasteiger partial charge in [0.25, 0.3) is 0 Å². The molecule has 2 N–H and O–H groups in total. The van der Waals surface area contributed by atoms with Gasteiger partial charge in [-0.1, -0.05) is 6.07 Å². The molecule has 1 amide bonds. The Morgan fingerprint density at radius 2 is 1.90 bits per heavy atom. The molecule has 5 heteroatoms. The van der Waals surface area contributed by atoms with Crippen molar-refractivity contribution in [3.8, 4) is 5.69 Å². The maximum absolute atomic E-state index is 12.1. The number of hydrogen-bond donors (Lipinski definition) is 2. The highest BCUT2D eigenvalue weighted by atomic mass is 16.2. The van der Waals surface area contributed by atoms with Crippen LogP contribution in [0.4, 0.5) is 5.69 Å². The number of nitrogens with zero attached hydrogens (tertiary/aromatic N) is 2. The summed E-state index contributed by atoms with van der Waals surface area (Å²) in [5, 5.41) is 6.26. The molecule has 0 spiro atoms. The predicted molar refractivity (Wildman–Crippen MR) is 83.7 cm³/mol. The van der Waals surface area contributed by atoms with Crippen LogP contribution in [0.15, 0.2) is 48.8 Å². The zero-order chi connectivity index (χ0) is 14.5. The number of piperazine rings is 1. The Kier molecular flexibility index (Phi) is 4.33. The van der Waals surface area contributed by atoms with Gasteiger partial charge in [0.05, 0.1) is 6.54 Å². The van der Waals surface area contributed by atoms with Gasteiger partial charge in [-0.3, -0.25) is 9.69 Å². The van der Waals surface area contributed by atoms with Gasteiger partial charge in [-0.15, -0.1) is 0 Å². The van der Waals surface area contributed by atoms with Crippen molar-refractivity contribution >= 4 is 11.6 Å². The number of anilines is 1. The fourth-order valence-electron chi connectivity index (χ4n) is 2.52. The third kappa shape index (κ3) is 3.71. The van der Waals surface area contributed by atoms with Crippen LogP contribution < -0.4 is 10.6 Å². The quantitative estimate of drug-likeness (QED) is 0.890. The third-order valence-electron chi connectivity index (χ3n) is 3.61. The molecular weight excluding hydrogens is 264 g/mol. The number of aromatic nitrogens is 1. The number of amides is 1. The van der Waals surface area contributed by atoms with Crippen LogP contribution in [0.5, 0.6) is 0 Å². The highest BCUT2D eigenvalue weighted by Crippen LogP contribution is 2.14. The molecule has 21 heavy (non-hydrogen) atoms. The van der Waals surface area contributed by atoms with Crippen LogP contribution in [0.25, 0.3) is 5.69 Å². The first-order chi connectivity index (χ1) is 10.3. The second kappa shape index (κ2) is 6.56. The van der Waals surface area contributed by atoms with E-state index in [0.717, 1.165) is 37.6 Å². The van der Waals surface area contributed by atoms with Crippen molar-refractivity contribution in [2.45, 2.75) is 0 Å². The molecule has 1 aromatic heterocycles. The summed E-state index contributed by atoms with van der Waals surface area (Å²) >= 11 is 0. The van der Waals surface area contributed by atoms with E-state index < -0.39 is 0 Å². The van der Waals surface area contributed by atoms with Crippen molar-refractivity contribution < 1.29 is 4.79 Å². The van der Waals surface area contributed by atoms with Gasteiger partial charge < -0.3 is 15.2 Å². The smallest absolute Gasteiger partial charge is 0.238 e. The topological polar surface area (TPSA) is 49.3 Å². The molecule has 0 saturated carbocycles. The van der Waals surface area contributed by atoms with E-state index in [4.69, 9.17) is 0 Å². The van der Waals surface area contributed by atoms with Crippen LogP contribution in [0.1, 0.15) is 0 Å². The molecule has 5 nitrogen and oxygen atoms in total. The van der Waals surface area contributed by atoms with Gasteiger partial charge >= 0.3 is 0 Å². The van der Waals surface area contributed by atoms with E-state index in [0.29, 0.717) is 6.54 Å². The average Bonchev–Trinajstić information content (AvgIpc) is 3.02. The summed E-state index contributed by atoms with van der Waals surface area (Å²) in [7, 11) is 0. The van der Waals surface area contributed by atoms with E-state index in [-0.39, 0.29) is 5.91 Å². The van der Waals surface area contributed by atoms with Gasteiger partial charge in [0.15, 0.2) is 0 Å². The largest absolute Gasteiger partial charge is 0.325 e. The summed E-state index contributed by atoms with van der Waals surface area (Å²) in [4.78, 5) is 14.3. The third-order valence-corrected chi connectivity index (χ3v) is 3.61. The van der Waals surface area contributed by atoms with Gasteiger partial charge in [0, 0.05) is 49.9 Å². The maximum Gasteiger partial charge on any atom is 0.238 e. The molecule has 1 fully saturated rings. The Morgan fingerprint density at radius 1 is 1.14 bits per heavy atom. The number of hydrogen-bond acceptors (Lipinski definition) is 3. The van der Waals surface area contributed by atoms with Crippen LogP contribution in [-0.2, 0) is 4.79 Å². The molecule has 1 aromatic carbocycles. The molecule has 0 bridgehead atoms. The highest BCUT2D eigenvalue weighted by Gasteiger charge is 2.13. The van der Waals surface area contributed by atoms with Gasteiger partial charge in [-0.2, -0.15) is 0 Å². The van der Waals surface area contributed by atoms with E-state index in [2.05, 4.69) is 15.5 Å². The summed E-state index contributed by atoms with van der Waals surface area (Å²) < 4.78 is 2.02. The first-order valence-electron chi connectivity index (χ1n) is 7.27. The summed E-state index contributed by atoms with van der Waals surface area (Å²) in [6, 6.07) is 11.8. The van der Waals surface area contributed by atoms with Crippen molar-refractivity contribution in [3.63, 3.8) is 0 Å². The summed E-state index contributed by atoms with van der Waals surface area (Å²) in [6.45, 7) is 4.22. The van der Waals surface area contributed by atoms with Gasteiger partial charge in [0.2, 0.25) is 5.91 Å². The standard InChI is InChI=1S/C16H20N4O/c21-16(13-19-10-6-17-7-11-19)18-14-4-3-5-15(12-14)20-8-1-2-9-20/h1-5,8-9,12,17H,6-7,10-11,13H2,(H,18,21). The Morgan fingerprint density at radius 3 is 2.67 bits per heavy atom. The molecule has 0 aliphatic carbocycles. The Bertz CT molecular complexity index is 588. The molecule has 3 rings (SSSR count). The van der Waals surface area contributed by atoms with E-state index in [1.54, 1.807) is 0 Å². The van der Waals surface area contributed by atoms with Gasteiger partial charge in [0.1, 0.15) is 0 Å². The molecule has 0 atom stereocenters. The lowest BCUT2D eigenvalue weighted by molar-refractivity contribution is -0.117. The lowest BCUT2D eigenvalue weighted by Gasteiger charge is -2.26. The molecular formula is C16H20N4O. The molecule has 2 aromatic rings. The van der Waals surface area contributed by atoms with Crippen LogP contribution in [0, 0.1) is 0 Å². The van der Waals surface area contributed by atoms with Crippen LogP contribution in [-0.4, -0.2) is 48.1 Å². The summed E-state index contributed by atoms with van der Waals surface area (Å²) in [5.41, 5.74) is 1.88. The Balaban J connectivity index is 1.62. The molecule has 0 radical (unpaired) electrons. The molecule has 2 heterocycles. The summed E-state index contributed by atoms with van der Waals surface area (Å²) in [6.07, 6.45) is 3.98. The minimum Gasteiger partial charge on any atom is -0.325 e. The molecule has 110 valence electrons. The number of carbonyl (C=O) groups excluding carboxylic acids is 1. The zero-order valence-corrected chi connectivity index (χ0v) is 12.0. The zero-order valence-electron chi connectivity index (χ0n) is 12.0. The summed E-state index contributed by atoms with van der Waals surface area (Å²) in [5.74, 6) is 0.0431. The second-order valence-corrected chi connectivity index (χ2v) is 5.21.